The zero-order valence-corrected chi connectivity index (χ0v) is 33.8. The van der Waals surface area contributed by atoms with Gasteiger partial charge in [-0.2, -0.15) is 0 Å². The molecule has 0 spiro atoms. The first kappa shape index (κ1) is 36.2. The van der Waals surface area contributed by atoms with Gasteiger partial charge in [0.15, 0.2) is 0 Å². The average Bonchev–Trinajstić information content (AvgIpc) is 3.94. The summed E-state index contributed by atoms with van der Waals surface area (Å²) in [7, 11) is -0.828. The zero-order chi connectivity index (χ0) is 37.0. The molecule has 0 aromatic heterocycles. The second-order valence-corrected chi connectivity index (χ2v) is 19.0. The fourth-order valence-electron chi connectivity index (χ4n) is 8.97. The Morgan fingerprint density at radius 2 is 0.561 bits per heavy atom. The number of fused-ring (bicyclic) bond motifs is 14. The molecule has 0 bridgehead atoms. The van der Waals surface area contributed by atoms with Gasteiger partial charge in [-0.15, -0.1) is 0 Å². The van der Waals surface area contributed by atoms with E-state index in [0.717, 1.165) is 35.3 Å². The molecule has 0 unspecified atom stereocenters. The van der Waals surface area contributed by atoms with Crippen LogP contribution < -0.4 is 10.6 Å². The molecule has 0 amide bonds. The molecule has 12 rings (SSSR count). The van der Waals surface area contributed by atoms with Crippen LogP contribution in [0.1, 0.15) is 22.3 Å². The van der Waals surface area contributed by atoms with Gasteiger partial charge >= 0.3 is 0 Å². The second kappa shape index (κ2) is 15.3. The second-order valence-electron chi connectivity index (χ2n) is 14.7. The van der Waals surface area contributed by atoms with Crippen molar-refractivity contribution in [3.63, 3.8) is 0 Å². The van der Waals surface area contributed by atoms with E-state index in [9.17, 15) is 0 Å². The summed E-state index contributed by atoms with van der Waals surface area (Å²) in [4.78, 5) is 0. The summed E-state index contributed by atoms with van der Waals surface area (Å²) >= 11 is 0. The van der Waals surface area contributed by atoms with Crippen LogP contribution in [0.15, 0.2) is 146 Å². The summed E-state index contributed by atoms with van der Waals surface area (Å²) in [6, 6.07) is 78.4. The Morgan fingerprint density at radius 1 is 0.316 bits per heavy atom. The molecule has 0 radical (unpaired) electrons. The van der Waals surface area contributed by atoms with Crippen molar-refractivity contribution >= 4 is 69.5 Å². The third kappa shape index (κ3) is 6.49. The van der Waals surface area contributed by atoms with Crippen LogP contribution in [-0.4, -0.2) is 0 Å². The fourth-order valence-corrected chi connectivity index (χ4v) is 13.4. The maximum Gasteiger partial charge on any atom is 0 e. The van der Waals surface area contributed by atoms with Crippen molar-refractivity contribution in [3.8, 4) is 22.3 Å². The molecule has 2 heterocycles. The van der Waals surface area contributed by atoms with E-state index in [-0.39, 0.29) is 17.1 Å². The molecule has 57 heavy (non-hydrogen) atoms. The van der Waals surface area contributed by atoms with E-state index in [2.05, 4.69) is 194 Å². The van der Waals surface area contributed by atoms with E-state index in [1.807, 2.05) is 0 Å². The summed E-state index contributed by atoms with van der Waals surface area (Å²) in [5, 5.41) is 12.9. The Balaban J connectivity index is 0.000000137. The fraction of sp³-hybridized carbons (Fsp3) is 0.0741. The van der Waals surface area contributed by atoms with Crippen LogP contribution in [0.5, 0.6) is 0 Å². The van der Waals surface area contributed by atoms with Gasteiger partial charge in [0.2, 0.25) is 0 Å². The smallest absolute Gasteiger partial charge is 0 e. The maximum absolute atomic E-state index is 3.26. The Bertz CT molecular complexity index is 2660. The Labute approximate surface area is 347 Å². The topological polar surface area (TPSA) is 0 Å². The van der Waals surface area contributed by atoms with Crippen LogP contribution in [0.25, 0.3) is 65.3 Å². The molecule has 0 saturated heterocycles. The first-order chi connectivity index (χ1) is 27.8. The van der Waals surface area contributed by atoms with E-state index in [1.165, 1.54) is 87.6 Å². The van der Waals surface area contributed by atoms with Gasteiger partial charge in [-0.25, -0.2) is 0 Å². The number of hydrogen-bond acceptors (Lipinski definition) is 0. The Morgan fingerprint density at radius 3 is 0.825 bits per heavy atom. The third-order valence-electron chi connectivity index (χ3n) is 11.5. The molecule has 3 heteroatoms. The van der Waals surface area contributed by atoms with Gasteiger partial charge in [0.05, 0.1) is 0 Å². The van der Waals surface area contributed by atoms with Crippen LogP contribution in [0, 0.1) is 48.5 Å². The van der Waals surface area contributed by atoms with Crippen molar-refractivity contribution in [1.82, 2.24) is 0 Å². The van der Waals surface area contributed by atoms with Crippen LogP contribution in [0.2, 0.25) is 0 Å². The predicted molar refractivity (Wildman–Crippen MR) is 236 cm³/mol. The maximum atomic E-state index is 3.26. The molecule has 2 aliphatic rings. The SMILES string of the molecule is [Fe].[c-]1[c-][c-][c-](P2Cc3ccc4ccccc4c3-c3c(ccc4ccccc34)C2)[c-]1.[c-]1[c-][c-][c-](P2Cc3ccc4ccccc4c3-c3c(ccc4ccccc34)C2)[c-]1. The third-order valence-corrected chi connectivity index (χ3v) is 16.1. The average molecular weight is 799 g/mol. The van der Waals surface area contributed by atoms with E-state index < -0.39 is 15.8 Å². The van der Waals surface area contributed by atoms with Crippen molar-refractivity contribution in [2.45, 2.75) is 24.6 Å². The molecule has 10 aromatic rings. The zero-order valence-electron chi connectivity index (χ0n) is 30.9. The van der Waals surface area contributed by atoms with Gasteiger partial charge in [0.25, 0.3) is 0 Å². The van der Waals surface area contributed by atoms with Crippen molar-refractivity contribution in [3.05, 3.63) is 216 Å². The quantitative estimate of drug-likeness (QED) is 0.0928. The summed E-state index contributed by atoms with van der Waals surface area (Å²) < 4.78 is 0. The minimum atomic E-state index is -0.414. The van der Waals surface area contributed by atoms with Gasteiger partial charge in [0.1, 0.15) is 0 Å². The first-order valence-corrected chi connectivity index (χ1v) is 22.5. The van der Waals surface area contributed by atoms with E-state index >= 15 is 0 Å². The van der Waals surface area contributed by atoms with E-state index in [1.54, 1.807) is 0 Å². The van der Waals surface area contributed by atoms with Crippen LogP contribution in [0.4, 0.5) is 0 Å². The van der Waals surface area contributed by atoms with Crippen LogP contribution >= 0.6 is 15.8 Å². The van der Waals surface area contributed by atoms with Crippen LogP contribution in [-0.2, 0) is 41.7 Å². The van der Waals surface area contributed by atoms with Gasteiger partial charge < -0.3 is 59.1 Å². The Hall–Kier alpha value is -5.12. The molecule has 276 valence electrons. The van der Waals surface area contributed by atoms with Gasteiger partial charge in [-0.1, -0.05) is 146 Å². The molecular weight excluding hydrogens is 766 g/mol. The largest absolute Gasteiger partial charge is 0.998 e. The predicted octanol–water partition coefficient (Wildman–Crippen LogP) is 12.8. The molecule has 0 nitrogen and oxygen atoms in total. The number of benzene rings is 8. The van der Waals surface area contributed by atoms with Gasteiger partial charge in [0, 0.05) is 17.1 Å². The summed E-state index contributed by atoms with van der Waals surface area (Å²) in [6.45, 7) is 0. The molecule has 2 aliphatic heterocycles. The number of rotatable bonds is 2. The van der Waals surface area contributed by atoms with Crippen molar-refractivity contribution in [2.24, 2.45) is 0 Å². The van der Waals surface area contributed by atoms with Crippen LogP contribution in [0.3, 0.4) is 0 Å². The van der Waals surface area contributed by atoms with Crippen molar-refractivity contribution in [2.75, 3.05) is 0 Å². The standard InChI is InChI=1S/2C27H16P.Fe/c2*1-5-11-24-19(7-1)13-15-21-17-28(23-9-3-4-10-23)18-22-16-14-20-8-2-6-12-25(20)27(22)26(21)24;/h2*1-2,5-8,11-16H,17-18H2;/q2*-5;. The molecule has 0 saturated carbocycles. The molecule has 10 aromatic carbocycles. The summed E-state index contributed by atoms with van der Waals surface area (Å²) in [6.07, 6.45) is 4.21. The van der Waals surface area contributed by atoms with Gasteiger partial charge in [-0.05, 0) is 112 Å². The van der Waals surface area contributed by atoms with E-state index in [4.69, 9.17) is 0 Å². The number of hydrogen-bond donors (Lipinski definition) is 0. The Kier molecular flexibility index (Phi) is 9.74. The molecule has 0 fully saturated rings. The molecule has 0 N–H and O–H groups in total. The molecular formula is C54H32FeP2-10. The first-order valence-electron chi connectivity index (χ1n) is 19.1. The summed E-state index contributed by atoms with van der Waals surface area (Å²) in [5.41, 5.74) is 11.4. The van der Waals surface area contributed by atoms with Crippen molar-refractivity contribution in [1.29, 1.82) is 0 Å². The minimum absolute atomic E-state index is 0. The summed E-state index contributed by atoms with van der Waals surface area (Å²) in [5.74, 6) is 0. The van der Waals surface area contributed by atoms with E-state index in [0.29, 0.717) is 0 Å². The van der Waals surface area contributed by atoms with Crippen molar-refractivity contribution < 1.29 is 17.1 Å². The normalized spacial score (nSPS) is 13.8. The van der Waals surface area contributed by atoms with Gasteiger partial charge in [-0.3, -0.25) is 15.8 Å². The molecule has 0 atom stereocenters. The minimum Gasteiger partial charge on any atom is -0.998 e. The molecule has 0 aliphatic carbocycles. The monoisotopic (exact) mass is 798 g/mol.